The van der Waals surface area contributed by atoms with Gasteiger partial charge in [0.15, 0.2) is 0 Å². The van der Waals surface area contributed by atoms with E-state index in [-0.39, 0.29) is 6.04 Å². The summed E-state index contributed by atoms with van der Waals surface area (Å²) in [5.74, 6) is 0.805. The van der Waals surface area contributed by atoms with Crippen LogP contribution in [0.3, 0.4) is 0 Å². The van der Waals surface area contributed by atoms with Crippen molar-refractivity contribution in [3.05, 3.63) is 23.8 Å². The average Bonchev–Trinajstić information content (AvgIpc) is 2.85. The summed E-state index contributed by atoms with van der Waals surface area (Å²) in [5, 5.41) is 3.32. The van der Waals surface area contributed by atoms with Gasteiger partial charge in [-0.3, -0.25) is 0 Å². The molecule has 0 saturated carbocycles. The summed E-state index contributed by atoms with van der Waals surface area (Å²) in [6, 6.07) is 5.47. The van der Waals surface area contributed by atoms with E-state index >= 15 is 0 Å². The highest BCUT2D eigenvalue weighted by Gasteiger charge is 2.25. The lowest BCUT2D eigenvalue weighted by molar-refractivity contribution is 0.356. The molecule has 1 fully saturated rings. The first-order valence-corrected chi connectivity index (χ1v) is 8.54. The maximum atomic E-state index is 12.4. The first-order valence-electron chi connectivity index (χ1n) is 7.06. The van der Waals surface area contributed by atoms with Crippen molar-refractivity contribution in [2.75, 3.05) is 13.2 Å². The molecular formula is C14H20N2O3S. The highest BCUT2D eigenvalue weighted by Crippen LogP contribution is 2.27. The summed E-state index contributed by atoms with van der Waals surface area (Å²) < 4.78 is 33.1. The topological polar surface area (TPSA) is 67.4 Å². The van der Waals surface area contributed by atoms with Crippen LogP contribution < -0.4 is 14.8 Å². The molecule has 1 aromatic rings. The van der Waals surface area contributed by atoms with Gasteiger partial charge in [-0.1, -0.05) is 0 Å². The zero-order valence-electron chi connectivity index (χ0n) is 11.6. The largest absolute Gasteiger partial charge is 0.493 e. The Labute approximate surface area is 119 Å². The Bertz CT molecular complexity index is 600. The minimum absolute atomic E-state index is 0.0146. The lowest BCUT2D eigenvalue weighted by Crippen LogP contribution is -2.46. The smallest absolute Gasteiger partial charge is 0.240 e. The Kier molecular flexibility index (Phi) is 3.70. The molecule has 5 nitrogen and oxygen atoms in total. The molecule has 2 aliphatic rings. The Morgan fingerprint density at radius 2 is 2.25 bits per heavy atom. The Balaban J connectivity index is 1.77. The first kappa shape index (κ1) is 13.9. The van der Waals surface area contributed by atoms with Gasteiger partial charge in [0.2, 0.25) is 10.0 Å². The fraction of sp³-hybridized carbons (Fsp3) is 0.571. The van der Waals surface area contributed by atoms with E-state index in [1.54, 1.807) is 18.2 Å². The standard InChI is InChI=1S/C14H20N2O3S/c1-10-8-12(4-6-15-10)16-20(17,18)13-2-3-14-11(9-13)5-7-19-14/h2-3,9-10,12,15-16H,4-8H2,1H3. The van der Waals surface area contributed by atoms with Crippen LogP contribution in [-0.4, -0.2) is 33.7 Å². The Morgan fingerprint density at radius 3 is 3.05 bits per heavy atom. The molecule has 2 unspecified atom stereocenters. The number of piperidine rings is 1. The summed E-state index contributed by atoms with van der Waals surface area (Å²) in [4.78, 5) is 0.341. The van der Waals surface area contributed by atoms with E-state index in [0.29, 0.717) is 17.5 Å². The Hall–Kier alpha value is -1.11. The highest BCUT2D eigenvalue weighted by molar-refractivity contribution is 7.89. The van der Waals surface area contributed by atoms with E-state index in [1.807, 2.05) is 0 Å². The molecule has 6 heteroatoms. The number of nitrogens with one attached hydrogen (secondary N) is 2. The molecule has 3 rings (SSSR count). The van der Waals surface area contributed by atoms with Crippen molar-refractivity contribution in [1.29, 1.82) is 0 Å². The fourth-order valence-electron chi connectivity index (χ4n) is 2.86. The predicted molar refractivity (Wildman–Crippen MR) is 76.4 cm³/mol. The van der Waals surface area contributed by atoms with E-state index in [4.69, 9.17) is 4.74 Å². The van der Waals surface area contributed by atoms with Gasteiger partial charge in [0, 0.05) is 18.5 Å². The van der Waals surface area contributed by atoms with Crippen LogP contribution in [0.25, 0.3) is 0 Å². The van der Waals surface area contributed by atoms with Crippen LogP contribution in [0.15, 0.2) is 23.1 Å². The summed E-state index contributed by atoms with van der Waals surface area (Å²) in [7, 11) is -3.44. The number of hydrogen-bond acceptors (Lipinski definition) is 4. The van der Waals surface area contributed by atoms with Gasteiger partial charge in [-0.2, -0.15) is 0 Å². The number of rotatable bonds is 3. The van der Waals surface area contributed by atoms with E-state index in [9.17, 15) is 8.42 Å². The molecule has 2 heterocycles. The quantitative estimate of drug-likeness (QED) is 0.874. The first-order chi connectivity index (χ1) is 9.54. The second-order valence-electron chi connectivity index (χ2n) is 5.57. The van der Waals surface area contributed by atoms with Crippen LogP contribution in [0, 0.1) is 0 Å². The number of fused-ring (bicyclic) bond motifs is 1. The minimum atomic E-state index is -3.44. The second-order valence-corrected chi connectivity index (χ2v) is 7.28. The van der Waals surface area contributed by atoms with E-state index in [0.717, 1.165) is 37.1 Å². The number of benzene rings is 1. The van der Waals surface area contributed by atoms with Gasteiger partial charge in [0.05, 0.1) is 11.5 Å². The van der Waals surface area contributed by atoms with Gasteiger partial charge in [0.25, 0.3) is 0 Å². The van der Waals surface area contributed by atoms with Gasteiger partial charge >= 0.3 is 0 Å². The molecule has 0 radical (unpaired) electrons. The summed E-state index contributed by atoms with van der Waals surface area (Å²) in [6.07, 6.45) is 2.44. The van der Waals surface area contributed by atoms with Crippen molar-refractivity contribution in [3.8, 4) is 5.75 Å². The molecule has 0 amide bonds. The van der Waals surface area contributed by atoms with Gasteiger partial charge < -0.3 is 10.1 Å². The Morgan fingerprint density at radius 1 is 1.40 bits per heavy atom. The maximum Gasteiger partial charge on any atom is 0.240 e. The molecule has 2 atom stereocenters. The maximum absolute atomic E-state index is 12.4. The molecule has 1 aromatic carbocycles. The number of sulfonamides is 1. The van der Waals surface area contributed by atoms with Crippen molar-refractivity contribution < 1.29 is 13.2 Å². The molecule has 2 N–H and O–H groups in total. The molecule has 1 saturated heterocycles. The van der Waals surface area contributed by atoms with Gasteiger partial charge in [-0.15, -0.1) is 0 Å². The fourth-order valence-corrected chi connectivity index (χ4v) is 4.19. The van der Waals surface area contributed by atoms with Crippen molar-refractivity contribution in [2.45, 2.75) is 43.2 Å². The lowest BCUT2D eigenvalue weighted by atomic mass is 10.0. The van der Waals surface area contributed by atoms with Crippen molar-refractivity contribution in [1.82, 2.24) is 10.0 Å². The van der Waals surface area contributed by atoms with Crippen LogP contribution in [0.5, 0.6) is 5.75 Å². The summed E-state index contributed by atoms with van der Waals surface area (Å²) in [6.45, 7) is 3.57. The van der Waals surface area contributed by atoms with E-state index < -0.39 is 10.0 Å². The van der Waals surface area contributed by atoms with Crippen LogP contribution in [0.4, 0.5) is 0 Å². The molecular weight excluding hydrogens is 276 g/mol. The third kappa shape index (κ3) is 2.82. The second kappa shape index (κ2) is 5.35. The van der Waals surface area contributed by atoms with Crippen LogP contribution in [0.1, 0.15) is 25.3 Å². The highest BCUT2D eigenvalue weighted by atomic mass is 32.2. The molecule has 110 valence electrons. The van der Waals surface area contributed by atoms with Crippen molar-refractivity contribution in [2.24, 2.45) is 0 Å². The van der Waals surface area contributed by atoms with Gasteiger partial charge in [0.1, 0.15) is 5.75 Å². The normalized spacial score (nSPS) is 26.1. The number of ether oxygens (including phenoxy) is 1. The van der Waals surface area contributed by atoms with E-state index in [2.05, 4.69) is 17.0 Å². The van der Waals surface area contributed by atoms with Crippen LogP contribution in [-0.2, 0) is 16.4 Å². The van der Waals surface area contributed by atoms with Crippen molar-refractivity contribution in [3.63, 3.8) is 0 Å². The molecule has 20 heavy (non-hydrogen) atoms. The lowest BCUT2D eigenvalue weighted by Gasteiger charge is -2.28. The zero-order chi connectivity index (χ0) is 14.2. The predicted octanol–water partition coefficient (Wildman–Crippen LogP) is 1.04. The van der Waals surface area contributed by atoms with Gasteiger partial charge in [-0.05, 0) is 50.1 Å². The third-order valence-corrected chi connectivity index (χ3v) is 5.43. The monoisotopic (exact) mass is 296 g/mol. The van der Waals surface area contributed by atoms with E-state index in [1.165, 1.54) is 0 Å². The number of hydrogen-bond donors (Lipinski definition) is 2. The SMILES string of the molecule is CC1CC(NS(=O)(=O)c2ccc3c(c2)CCO3)CCN1. The summed E-state index contributed by atoms with van der Waals surface area (Å²) >= 11 is 0. The molecule has 0 spiro atoms. The molecule has 0 aliphatic carbocycles. The molecule has 0 bridgehead atoms. The summed E-state index contributed by atoms with van der Waals surface area (Å²) in [5.41, 5.74) is 0.978. The van der Waals surface area contributed by atoms with Crippen LogP contribution in [0.2, 0.25) is 0 Å². The average molecular weight is 296 g/mol. The zero-order valence-corrected chi connectivity index (χ0v) is 12.4. The van der Waals surface area contributed by atoms with Crippen molar-refractivity contribution >= 4 is 10.0 Å². The van der Waals surface area contributed by atoms with Crippen LogP contribution >= 0.6 is 0 Å². The van der Waals surface area contributed by atoms with Gasteiger partial charge in [-0.25, -0.2) is 13.1 Å². The molecule has 2 aliphatic heterocycles. The minimum Gasteiger partial charge on any atom is -0.493 e. The third-order valence-electron chi connectivity index (χ3n) is 3.92. The molecule has 0 aromatic heterocycles.